The highest BCUT2D eigenvalue weighted by molar-refractivity contribution is 8.01. The first kappa shape index (κ1) is 15.7. The predicted octanol–water partition coefficient (Wildman–Crippen LogP) is 0.518. The third-order valence-electron chi connectivity index (χ3n) is 3.79. The summed E-state index contributed by atoms with van der Waals surface area (Å²) in [7, 11) is 1.24. The SMILES string of the molecule is COC(=O)/C=C(\C)N[C@@]1(C(=O)O)N2C(=O)C[C@H]2SC1(C)C. The zero-order chi connectivity index (χ0) is 16.0. The van der Waals surface area contributed by atoms with Crippen LogP contribution in [0.4, 0.5) is 0 Å². The van der Waals surface area contributed by atoms with Crippen LogP contribution >= 0.6 is 11.8 Å². The number of β-lactam (4-membered cyclic amide) rings is 1. The number of carbonyl (C=O) groups excluding carboxylic acids is 2. The van der Waals surface area contributed by atoms with Gasteiger partial charge in [-0.2, -0.15) is 0 Å². The number of nitrogens with zero attached hydrogens (tertiary/aromatic N) is 1. The number of carboxylic acids is 1. The minimum Gasteiger partial charge on any atom is -0.478 e. The highest BCUT2D eigenvalue weighted by Gasteiger charge is 2.69. The second-order valence-corrected chi connectivity index (χ2v) is 7.34. The van der Waals surface area contributed by atoms with Crippen LogP contribution in [0.1, 0.15) is 27.2 Å². The molecule has 2 rings (SSSR count). The summed E-state index contributed by atoms with van der Waals surface area (Å²) in [6.45, 7) is 5.12. The third kappa shape index (κ3) is 2.17. The van der Waals surface area contributed by atoms with Crippen molar-refractivity contribution in [2.75, 3.05) is 7.11 Å². The molecule has 2 atom stereocenters. The smallest absolute Gasteiger partial charge is 0.352 e. The molecule has 0 bridgehead atoms. The van der Waals surface area contributed by atoms with Crippen molar-refractivity contribution in [3.63, 3.8) is 0 Å². The third-order valence-corrected chi connectivity index (χ3v) is 5.33. The topological polar surface area (TPSA) is 95.9 Å². The van der Waals surface area contributed by atoms with Gasteiger partial charge in [-0.1, -0.05) is 0 Å². The molecule has 0 aromatic heterocycles. The number of hydrogen-bond donors (Lipinski definition) is 2. The van der Waals surface area contributed by atoms with Crippen LogP contribution in [0.25, 0.3) is 0 Å². The lowest BCUT2D eigenvalue weighted by Crippen LogP contribution is -2.73. The number of carbonyl (C=O) groups is 3. The average molecular weight is 314 g/mol. The van der Waals surface area contributed by atoms with E-state index in [0.717, 1.165) is 0 Å². The first-order valence-corrected chi connectivity index (χ1v) is 7.31. The van der Waals surface area contributed by atoms with Crippen LogP contribution in [0.2, 0.25) is 0 Å². The second-order valence-electron chi connectivity index (χ2n) is 5.54. The summed E-state index contributed by atoms with van der Waals surface area (Å²) in [4.78, 5) is 36.5. The van der Waals surface area contributed by atoms with Gasteiger partial charge in [0.2, 0.25) is 11.6 Å². The molecule has 0 radical (unpaired) electrons. The van der Waals surface area contributed by atoms with E-state index in [9.17, 15) is 19.5 Å². The lowest BCUT2D eigenvalue weighted by molar-refractivity contribution is -0.170. The summed E-state index contributed by atoms with van der Waals surface area (Å²) in [5.41, 5.74) is -1.25. The van der Waals surface area contributed by atoms with E-state index in [1.165, 1.54) is 29.8 Å². The van der Waals surface area contributed by atoms with Gasteiger partial charge in [0.1, 0.15) is 0 Å². The molecular formula is C13H18N2O5S. The Bertz CT molecular complexity index is 545. The molecular weight excluding hydrogens is 296 g/mol. The van der Waals surface area contributed by atoms with E-state index < -0.39 is 22.3 Å². The maximum absolute atomic E-state index is 12.0. The number of allylic oxidation sites excluding steroid dienone is 1. The van der Waals surface area contributed by atoms with E-state index >= 15 is 0 Å². The van der Waals surface area contributed by atoms with Crippen molar-refractivity contribution in [1.29, 1.82) is 0 Å². The average Bonchev–Trinajstić information content (AvgIpc) is 2.53. The summed E-state index contributed by atoms with van der Waals surface area (Å²) in [6.07, 6.45) is 1.51. The van der Waals surface area contributed by atoms with Gasteiger partial charge in [0.25, 0.3) is 0 Å². The molecule has 2 aliphatic rings. The van der Waals surface area contributed by atoms with Gasteiger partial charge < -0.3 is 15.2 Å². The molecule has 21 heavy (non-hydrogen) atoms. The number of methoxy groups -OCH3 is 1. The molecule has 0 spiro atoms. The molecule has 0 saturated carbocycles. The molecule has 2 fully saturated rings. The molecule has 0 aromatic carbocycles. The first-order chi connectivity index (χ1) is 9.65. The Hall–Kier alpha value is -1.70. The predicted molar refractivity (Wildman–Crippen MR) is 76.2 cm³/mol. The summed E-state index contributed by atoms with van der Waals surface area (Å²) in [5.74, 6) is -1.94. The molecule has 2 saturated heterocycles. The van der Waals surface area contributed by atoms with Crippen molar-refractivity contribution in [3.05, 3.63) is 11.8 Å². The Morgan fingerprint density at radius 1 is 1.52 bits per heavy atom. The summed E-state index contributed by atoms with van der Waals surface area (Å²) < 4.78 is 3.78. The van der Waals surface area contributed by atoms with Crippen LogP contribution in [0.5, 0.6) is 0 Å². The van der Waals surface area contributed by atoms with Gasteiger partial charge in [-0.25, -0.2) is 9.59 Å². The van der Waals surface area contributed by atoms with Crippen molar-refractivity contribution < 1.29 is 24.2 Å². The van der Waals surface area contributed by atoms with Crippen molar-refractivity contribution in [2.45, 2.75) is 43.0 Å². The molecule has 116 valence electrons. The fourth-order valence-corrected chi connectivity index (χ4v) is 4.48. The van der Waals surface area contributed by atoms with E-state index in [1.807, 2.05) is 0 Å². The fraction of sp³-hybridized carbons (Fsp3) is 0.615. The Labute approximate surface area is 126 Å². The number of esters is 1. The minimum absolute atomic E-state index is 0.151. The molecule has 0 unspecified atom stereocenters. The Morgan fingerprint density at radius 2 is 2.14 bits per heavy atom. The van der Waals surface area contributed by atoms with E-state index in [0.29, 0.717) is 12.1 Å². The highest BCUT2D eigenvalue weighted by atomic mass is 32.2. The van der Waals surface area contributed by atoms with Gasteiger partial charge in [-0.05, 0) is 20.8 Å². The van der Waals surface area contributed by atoms with Gasteiger partial charge in [-0.3, -0.25) is 9.69 Å². The Kier molecular flexibility index (Phi) is 3.69. The summed E-state index contributed by atoms with van der Waals surface area (Å²) in [6, 6.07) is 0. The van der Waals surface area contributed by atoms with E-state index in [1.54, 1.807) is 20.8 Å². The van der Waals surface area contributed by atoms with Gasteiger partial charge >= 0.3 is 11.9 Å². The lowest BCUT2D eigenvalue weighted by Gasteiger charge is -2.47. The van der Waals surface area contributed by atoms with Gasteiger partial charge in [0, 0.05) is 11.8 Å². The van der Waals surface area contributed by atoms with Crippen molar-refractivity contribution in [1.82, 2.24) is 10.2 Å². The first-order valence-electron chi connectivity index (χ1n) is 6.43. The Balaban J connectivity index is 2.41. The molecule has 0 aliphatic carbocycles. The van der Waals surface area contributed by atoms with Crippen LogP contribution in [-0.4, -0.2) is 50.7 Å². The molecule has 2 N–H and O–H groups in total. The minimum atomic E-state index is -1.58. The monoisotopic (exact) mass is 314 g/mol. The number of ether oxygens (including phenoxy) is 1. The molecule has 2 aliphatic heterocycles. The highest BCUT2D eigenvalue weighted by Crippen LogP contribution is 2.55. The number of carboxylic acid groups (broad SMARTS) is 1. The van der Waals surface area contributed by atoms with Crippen LogP contribution in [0, 0.1) is 0 Å². The van der Waals surface area contributed by atoms with E-state index in [4.69, 9.17) is 0 Å². The molecule has 7 nitrogen and oxygen atoms in total. The quantitative estimate of drug-likeness (QED) is 0.443. The van der Waals surface area contributed by atoms with Gasteiger partial charge in [0.15, 0.2) is 0 Å². The zero-order valence-corrected chi connectivity index (χ0v) is 13.1. The Morgan fingerprint density at radius 3 is 2.62 bits per heavy atom. The zero-order valence-electron chi connectivity index (χ0n) is 12.3. The van der Waals surface area contributed by atoms with Crippen LogP contribution in [0.3, 0.4) is 0 Å². The normalized spacial score (nSPS) is 30.5. The number of thioether (sulfide) groups is 1. The largest absolute Gasteiger partial charge is 0.478 e. The number of nitrogens with one attached hydrogen (secondary N) is 1. The van der Waals surface area contributed by atoms with Crippen molar-refractivity contribution in [2.24, 2.45) is 0 Å². The van der Waals surface area contributed by atoms with Crippen molar-refractivity contribution in [3.8, 4) is 0 Å². The fourth-order valence-electron chi connectivity index (χ4n) is 2.78. The summed E-state index contributed by atoms with van der Waals surface area (Å²) in [5, 5.41) is 12.5. The van der Waals surface area contributed by atoms with E-state index in [2.05, 4.69) is 10.1 Å². The molecule has 1 amide bonds. The van der Waals surface area contributed by atoms with E-state index in [-0.39, 0.29) is 11.3 Å². The maximum atomic E-state index is 12.0. The number of aliphatic carboxylic acids is 1. The molecule has 0 aromatic rings. The second kappa shape index (κ2) is 4.94. The maximum Gasteiger partial charge on any atom is 0.352 e. The number of fused-ring (bicyclic) bond motifs is 1. The number of amides is 1. The molecule has 2 heterocycles. The lowest BCUT2D eigenvalue weighted by atomic mass is 9.89. The standard InChI is InChI=1S/C13H18N2O5S/c1-7(5-10(17)20-4)14-13(11(18)19)12(2,3)21-9-6-8(16)15(9)13/h5,9,14H,6H2,1-4H3,(H,18,19)/b7-5+/t9-,13+/m1/s1. The van der Waals surface area contributed by atoms with Crippen LogP contribution in [-0.2, 0) is 19.1 Å². The van der Waals surface area contributed by atoms with Crippen LogP contribution < -0.4 is 5.32 Å². The summed E-state index contributed by atoms with van der Waals surface area (Å²) >= 11 is 1.44. The number of hydrogen-bond acceptors (Lipinski definition) is 6. The van der Waals surface area contributed by atoms with Gasteiger partial charge in [0.05, 0.1) is 23.7 Å². The number of rotatable bonds is 4. The van der Waals surface area contributed by atoms with Gasteiger partial charge in [-0.15, -0.1) is 11.8 Å². The van der Waals surface area contributed by atoms with Crippen LogP contribution in [0.15, 0.2) is 11.8 Å². The van der Waals surface area contributed by atoms with Crippen molar-refractivity contribution >= 4 is 29.6 Å². The molecule has 8 heteroatoms.